The minimum atomic E-state index is 0.313. The van der Waals surface area contributed by atoms with Crippen molar-refractivity contribution in [3.8, 4) is 0 Å². The first-order valence-electron chi connectivity index (χ1n) is 5.10. The van der Waals surface area contributed by atoms with E-state index in [-0.39, 0.29) is 0 Å². The molecule has 0 N–H and O–H groups in total. The fourth-order valence-corrected chi connectivity index (χ4v) is 2.33. The lowest BCUT2D eigenvalue weighted by atomic mass is 9.80. The Kier molecular flexibility index (Phi) is 2.13. The molecule has 2 fully saturated rings. The van der Waals surface area contributed by atoms with Crippen LogP contribution in [0.5, 0.6) is 0 Å². The molecule has 0 aromatic rings. The van der Waals surface area contributed by atoms with Crippen LogP contribution < -0.4 is 0 Å². The minimum Gasteiger partial charge on any atom is -0.371 e. The van der Waals surface area contributed by atoms with Gasteiger partial charge in [0.25, 0.3) is 0 Å². The first-order valence-corrected chi connectivity index (χ1v) is 5.10. The van der Waals surface area contributed by atoms with Gasteiger partial charge in [-0.25, -0.2) is 0 Å². The van der Waals surface area contributed by atoms with Gasteiger partial charge in [0.1, 0.15) is 0 Å². The van der Waals surface area contributed by atoms with E-state index in [2.05, 4.69) is 18.9 Å². The van der Waals surface area contributed by atoms with E-state index < -0.39 is 0 Å². The fourth-order valence-electron chi connectivity index (χ4n) is 2.33. The summed E-state index contributed by atoms with van der Waals surface area (Å²) < 4.78 is 5.94. The highest BCUT2D eigenvalue weighted by molar-refractivity contribution is 4.96. The van der Waals surface area contributed by atoms with Crippen LogP contribution in [0, 0.1) is 0 Å². The van der Waals surface area contributed by atoms with Crippen molar-refractivity contribution in [1.29, 1.82) is 0 Å². The number of likely N-dealkylation sites (tertiary alicyclic amines) is 1. The Labute approximate surface area is 74.9 Å². The van der Waals surface area contributed by atoms with E-state index in [1.807, 2.05) is 0 Å². The van der Waals surface area contributed by atoms with Crippen LogP contribution >= 0.6 is 0 Å². The second kappa shape index (κ2) is 3.00. The van der Waals surface area contributed by atoms with Gasteiger partial charge in [-0.1, -0.05) is 6.92 Å². The number of piperidine rings is 1. The monoisotopic (exact) mass is 169 g/mol. The summed E-state index contributed by atoms with van der Waals surface area (Å²) in [6, 6.07) is 0. The third kappa shape index (κ3) is 1.38. The van der Waals surface area contributed by atoms with Gasteiger partial charge in [0.15, 0.2) is 0 Å². The Balaban J connectivity index is 1.83. The molecule has 0 aliphatic carbocycles. The molecule has 0 aromatic carbocycles. The lowest BCUT2D eigenvalue weighted by Gasteiger charge is -2.51. The maximum atomic E-state index is 5.94. The van der Waals surface area contributed by atoms with Crippen LogP contribution in [0.2, 0.25) is 0 Å². The summed E-state index contributed by atoms with van der Waals surface area (Å²) in [5.74, 6) is 0. The standard InChI is InChI=1S/C10H19NO/c1-3-9-8-10(12-9)4-6-11(2)7-5-10/h9H,3-8H2,1-2H3. The first-order chi connectivity index (χ1) is 5.74. The molecule has 2 aliphatic heterocycles. The lowest BCUT2D eigenvalue weighted by molar-refractivity contribution is -0.224. The van der Waals surface area contributed by atoms with Crippen molar-refractivity contribution in [2.75, 3.05) is 20.1 Å². The van der Waals surface area contributed by atoms with Gasteiger partial charge in [-0.05, 0) is 26.3 Å². The number of hydrogen-bond donors (Lipinski definition) is 0. The summed E-state index contributed by atoms with van der Waals surface area (Å²) >= 11 is 0. The van der Waals surface area contributed by atoms with Crippen LogP contribution in [0.3, 0.4) is 0 Å². The molecule has 2 rings (SSSR count). The largest absolute Gasteiger partial charge is 0.371 e. The van der Waals surface area contributed by atoms with Crippen LogP contribution in [0.1, 0.15) is 32.6 Å². The second-order valence-electron chi connectivity index (χ2n) is 4.34. The van der Waals surface area contributed by atoms with Gasteiger partial charge in [0.2, 0.25) is 0 Å². The Hall–Kier alpha value is -0.0800. The molecule has 1 atom stereocenters. The predicted molar refractivity (Wildman–Crippen MR) is 49.2 cm³/mol. The normalized spacial score (nSPS) is 35.0. The second-order valence-corrected chi connectivity index (χ2v) is 4.34. The number of rotatable bonds is 1. The summed E-state index contributed by atoms with van der Waals surface area (Å²) in [6.07, 6.45) is 5.59. The molecular weight excluding hydrogens is 150 g/mol. The third-order valence-corrected chi connectivity index (χ3v) is 3.37. The van der Waals surface area contributed by atoms with E-state index >= 15 is 0 Å². The van der Waals surface area contributed by atoms with Crippen LogP contribution in [0.25, 0.3) is 0 Å². The van der Waals surface area contributed by atoms with Crippen molar-refractivity contribution in [3.63, 3.8) is 0 Å². The van der Waals surface area contributed by atoms with Crippen LogP contribution in [-0.2, 0) is 4.74 Å². The van der Waals surface area contributed by atoms with E-state index in [4.69, 9.17) is 4.74 Å². The van der Waals surface area contributed by atoms with Gasteiger partial charge in [0, 0.05) is 19.5 Å². The van der Waals surface area contributed by atoms with Gasteiger partial charge < -0.3 is 9.64 Å². The van der Waals surface area contributed by atoms with E-state index in [0.717, 1.165) is 0 Å². The Morgan fingerprint density at radius 3 is 2.50 bits per heavy atom. The highest BCUT2D eigenvalue weighted by Crippen LogP contribution is 2.41. The van der Waals surface area contributed by atoms with E-state index in [1.54, 1.807) is 0 Å². The molecule has 2 saturated heterocycles. The Morgan fingerprint density at radius 2 is 2.00 bits per heavy atom. The highest BCUT2D eigenvalue weighted by atomic mass is 16.5. The Morgan fingerprint density at radius 1 is 1.42 bits per heavy atom. The molecule has 0 bridgehead atoms. The zero-order chi connectivity index (χ0) is 8.60. The van der Waals surface area contributed by atoms with Crippen molar-refractivity contribution >= 4 is 0 Å². The summed E-state index contributed by atoms with van der Waals surface area (Å²) in [5, 5.41) is 0. The molecule has 0 saturated carbocycles. The highest BCUT2D eigenvalue weighted by Gasteiger charge is 2.45. The predicted octanol–water partition coefficient (Wildman–Crippen LogP) is 1.65. The molecular formula is C10H19NO. The average molecular weight is 169 g/mol. The lowest BCUT2D eigenvalue weighted by Crippen LogP contribution is -2.55. The molecule has 0 radical (unpaired) electrons. The van der Waals surface area contributed by atoms with Gasteiger partial charge in [-0.3, -0.25) is 0 Å². The molecule has 12 heavy (non-hydrogen) atoms. The van der Waals surface area contributed by atoms with E-state index in [1.165, 1.54) is 38.8 Å². The number of ether oxygens (including phenoxy) is 1. The van der Waals surface area contributed by atoms with Crippen LogP contribution in [0.4, 0.5) is 0 Å². The smallest absolute Gasteiger partial charge is 0.0735 e. The van der Waals surface area contributed by atoms with Crippen molar-refractivity contribution in [1.82, 2.24) is 4.90 Å². The molecule has 2 aliphatic rings. The molecule has 2 nitrogen and oxygen atoms in total. The molecule has 0 aromatic heterocycles. The maximum absolute atomic E-state index is 5.94. The van der Waals surface area contributed by atoms with Crippen LogP contribution in [-0.4, -0.2) is 36.7 Å². The first kappa shape index (κ1) is 8.52. The van der Waals surface area contributed by atoms with Gasteiger partial charge >= 0.3 is 0 Å². The third-order valence-electron chi connectivity index (χ3n) is 3.37. The van der Waals surface area contributed by atoms with Crippen LogP contribution in [0.15, 0.2) is 0 Å². The SMILES string of the molecule is CCC1CC2(CCN(C)CC2)O1. The van der Waals surface area contributed by atoms with Gasteiger partial charge in [-0.15, -0.1) is 0 Å². The molecule has 70 valence electrons. The van der Waals surface area contributed by atoms with Crippen molar-refractivity contribution in [2.45, 2.75) is 44.3 Å². The van der Waals surface area contributed by atoms with Gasteiger partial charge in [-0.2, -0.15) is 0 Å². The van der Waals surface area contributed by atoms with Crippen molar-refractivity contribution in [2.24, 2.45) is 0 Å². The quantitative estimate of drug-likeness (QED) is 0.592. The Bertz CT molecular complexity index is 146. The zero-order valence-electron chi connectivity index (χ0n) is 8.18. The van der Waals surface area contributed by atoms with Crippen molar-refractivity contribution < 1.29 is 4.74 Å². The fraction of sp³-hybridized carbons (Fsp3) is 1.00. The molecule has 1 unspecified atom stereocenters. The number of hydrogen-bond acceptors (Lipinski definition) is 2. The summed E-state index contributed by atoms with van der Waals surface area (Å²) in [5.41, 5.74) is 0.313. The summed E-state index contributed by atoms with van der Waals surface area (Å²) in [4.78, 5) is 2.40. The number of nitrogens with zero attached hydrogens (tertiary/aromatic N) is 1. The zero-order valence-corrected chi connectivity index (χ0v) is 8.18. The van der Waals surface area contributed by atoms with E-state index in [9.17, 15) is 0 Å². The van der Waals surface area contributed by atoms with Crippen molar-refractivity contribution in [3.05, 3.63) is 0 Å². The van der Waals surface area contributed by atoms with Gasteiger partial charge in [0.05, 0.1) is 11.7 Å². The maximum Gasteiger partial charge on any atom is 0.0735 e. The molecule has 1 spiro atoms. The topological polar surface area (TPSA) is 12.5 Å². The van der Waals surface area contributed by atoms with E-state index in [0.29, 0.717) is 11.7 Å². The summed E-state index contributed by atoms with van der Waals surface area (Å²) in [7, 11) is 2.20. The molecule has 2 heteroatoms. The molecule has 2 heterocycles. The minimum absolute atomic E-state index is 0.313. The average Bonchev–Trinajstić information content (AvgIpc) is 2.02. The molecule has 0 amide bonds. The summed E-state index contributed by atoms with van der Waals surface area (Å²) in [6.45, 7) is 4.65.